The molecule has 10 nitrogen and oxygen atoms in total. The molecule has 1 aliphatic heterocycles. The van der Waals surface area contributed by atoms with E-state index in [9.17, 15) is 18.0 Å². The van der Waals surface area contributed by atoms with E-state index in [0.29, 0.717) is 22.3 Å². The molecular formula is C22H20F3N9O. The number of halogens is 3. The molecule has 0 spiro atoms. The van der Waals surface area contributed by atoms with Gasteiger partial charge in [0.25, 0.3) is 0 Å². The van der Waals surface area contributed by atoms with E-state index in [0.717, 1.165) is 0 Å². The van der Waals surface area contributed by atoms with Crippen LogP contribution in [0.2, 0.25) is 0 Å². The maximum atomic E-state index is 13.0. The topological polar surface area (TPSA) is 137 Å². The van der Waals surface area contributed by atoms with Crippen LogP contribution >= 0.6 is 0 Å². The minimum absolute atomic E-state index is 0.00252. The Hall–Kier alpha value is -4.16. The molecule has 5 rings (SSSR count). The van der Waals surface area contributed by atoms with E-state index < -0.39 is 18.0 Å². The zero-order valence-corrected chi connectivity index (χ0v) is 18.8. The Labute approximate surface area is 196 Å². The summed E-state index contributed by atoms with van der Waals surface area (Å²) in [5.41, 5.74) is 6.71. The Bertz CT molecular complexity index is 1450. The molecule has 4 aromatic rings. The van der Waals surface area contributed by atoms with Crippen molar-refractivity contribution in [3.63, 3.8) is 0 Å². The minimum Gasteiger partial charge on any atom is -0.383 e. The Balaban J connectivity index is 1.61. The van der Waals surface area contributed by atoms with Crippen LogP contribution in [0.5, 0.6) is 0 Å². The van der Waals surface area contributed by atoms with Crippen molar-refractivity contribution in [2.45, 2.75) is 37.8 Å². The largest absolute Gasteiger partial charge is 0.389 e. The minimum atomic E-state index is -4.27. The molecule has 0 fully saturated rings. The number of fused-ring (bicyclic) bond motifs is 2. The highest BCUT2D eigenvalue weighted by atomic mass is 19.4. The molecule has 4 aromatic heterocycles. The Morgan fingerprint density at radius 1 is 1.17 bits per heavy atom. The quantitative estimate of drug-likeness (QED) is 0.442. The van der Waals surface area contributed by atoms with Gasteiger partial charge < -0.3 is 11.1 Å². The van der Waals surface area contributed by atoms with E-state index in [2.05, 4.69) is 35.3 Å². The van der Waals surface area contributed by atoms with Gasteiger partial charge in [0, 0.05) is 26.1 Å². The number of aryl methyl sites for hydroxylation is 2. The summed E-state index contributed by atoms with van der Waals surface area (Å²) in [6, 6.07) is 5.23. The lowest BCUT2D eigenvalue weighted by Gasteiger charge is -2.22. The monoisotopic (exact) mass is 483 g/mol. The van der Waals surface area contributed by atoms with Gasteiger partial charge in [0.15, 0.2) is 11.5 Å². The molecule has 1 amide bonds. The first-order valence-corrected chi connectivity index (χ1v) is 10.7. The molecule has 0 saturated carbocycles. The Kier molecular flexibility index (Phi) is 5.15. The number of nitrogens with one attached hydrogen (secondary N) is 1. The van der Waals surface area contributed by atoms with Gasteiger partial charge in [-0.1, -0.05) is 6.07 Å². The Morgan fingerprint density at radius 2 is 1.97 bits per heavy atom. The highest BCUT2D eigenvalue weighted by Gasteiger charge is 2.48. The molecule has 0 saturated heterocycles. The molecule has 0 radical (unpaired) electrons. The molecular weight excluding hydrogens is 463 g/mol. The highest BCUT2D eigenvalue weighted by molar-refractivity contribution is 6.09. The van der Waals surface area contributed by atoms with E-state index in [1.807, 2.05) is 0 Å². The standard InChI is InChI=1S/C22H20F3N9O/c1-21(12-6-3-4-9-27-12)14-16(26)31-18(32-17(14)33-20(21)35)15-11-10-28-34(2)19(11)30-13(29-15)7-5-8-22(23,24)25/h3-4,6,9-10H,5,7-8H2,1-2H3,(H3,26,31,32,33,35). The average molecular weight is 483 g/mol. The van der Waals surface area contributed by atoms with Crippen molar-refractivity contribution < 1.29 is 18.0 Å². The van der Waals surface area contributed by atoms with E-state index in [4.69, 9.17) is 5.73 Å². The van der Waals surface area contributed by atoms with Crippen molar-refractivity contribution in [1.82, 2.24) is 34.7 Å². The first-order valence-electron chi connectivity index (χ1n) is 10.7. The number of rotatable bonds is 5. The van der Waals surface area contributed by atoms with Crippen LogP contribution in [0.25, 0.3) is 22.6 Å². The summed E-state index contributed by atoms with van der Waals surface area (Å²) in [7, 11) is 1.66. The van der Waals surface area contributed by atoms with Gasteiger partial charge in [0.2, 0.25) is 5.91 Å². The maximum absolute atomic E-state index is 13.0. The zero-order chi connectivity index (χ0) is 25.0. The molecule has 1 aliphatic rings. The molecule has 35 heavy (non-hydrogen) atoms. The number of carbonyl (C=O) groups is 1. The summed E-state index contributed by atoms with van der Waals surface area (Å²) in [4.78, 5) is 35.1. The van der Waals surface area contributed by atoms with Crippen molar-refractivity contribution in [1.29, 1.82) is 0 Å². The van der Waals surface area contributed by atoms with Gasteiger partial charge in [-0.25, -0.2) is 19.9 Å². The molecule has 0 aliphatic carbocycles. The predicted molar refractivity (Wildman–Crippen MR) is 120 cm³/mol. The molecule has 1 unspecified atom stereocenters. The summed E-state index contributed by atoms with van der Waals surface area (Å²) >= 11 is 0. The van der Waals surface area contributed by atoms with Crippen LogP contribution in [0.15, 0.2) is 30.6 Å². The van der Waals surface area contributed by atoms with E-state index in [-0.39, 0.29) is 47.7 Å². The van der Waals surface area contributed by atoms with Crippen LogP contribution in [0.4, 0.5) is 24.8 Å². The molecule has 1 atom stereocenters. The average Bonchev–Trinajstić information content (AvgIpc) is 3.30. The molecule has 0 aromatic carbocycles. The van der Waals surface area contributed by atoms with Crippen molar-refractivity contribution >= 4 is 28.6 Å². The SMILES string of the molecule is Cn1ncc2c(-c3nc(N)c4c(n3)NC(=O)C4(C)c3ccccn3)nc(CCCC(F)(F)F)nc21. The molecule has 3 N–H and O–H groups in total. The van der Waals surface area contributed by atoms with Crippen LogP contribution in [-0.4, -0.2) is 46.8 Å². The van der Waals surface area contributed by atoms with Crippen molar-refractivity contribution in [3.05, 3.63) is 47.7 Å². The summed E-state index contributed by atoms with van der Waals surface area (Å²) < 4.78 is 39.4. The van der Waals surface area contributed by atoms with Crippen LogP contribution in [0.3, 0.4) is 0 Å². The van der Waals surface area contributed by atoms with Gasteiger partial charge in [-0.2, -0.15) is 18.3 Å². The van der Waals surface area contributed by atoms with Gasteiger partial charge in [-0.15, -0.1) is 0 Å². The number of alkyl halides is 3. The number of nitrogens with zero attached hydrogens (tertiary/aromatic N) is 7. The summed E-state index contributed by atoms with van der Waals surface area (Å²) in [5, 5.41) is 7.44. The van der Waals surface area contributed by atoms with Gasteiger partial charge in [-0.05, 0) is 25.5 Å². The number of nitrogen functional groups attached to an aromatic ring is 1. The third-order valence-electron chi connectivity index (χ3n) is 6.01. The fraction of sp³-hybridized carbons (Fsp3) is 0.318. The second-order valence-electron chi connectivity index (χ2n) is 8.41. The third kappa shape index (κ3) is 3.82. The second-order valence-corrected chi connectivity index (χ2v) is 8.41. The lowest BCUT2D eigenvalue weighted by atomic mass is 9.81. The molecule has 180 valence electrons. The Morgan fingerprint density at radius 3 is 2.69 bits per heavy atom. The number of hydrogen-bond donors (Lipinski definition) is 2. The second kappa shape index (κ2) is 7.96. The lowest BCUT2D eigenvalue weighted by molar-refractivity contribution is -0.135. The number of nitrogens with two attached hydrogens (primary N) is 1. The van der Waals surface area contributed by atoms with Gasteiger partial charge in [0.05, 0.1) is 22.8 Å². The van der Waals surface area contributed by atoms with Gasteiger partial charge in [0.1, 0.15) is 28.6 Å². The number of hydrogen-bond acceptors (Lipinski definition) is 8. The van der Waals surface area contributed by atoms with Crippen LogP contribution in [-0.2, 0) is 23.7 Å². The maximum Gasteiger partial charge on any atom is 0.389 e. The number of carbonyl (C=O) groups excluding carboxylic acids is 1. The van der Waals surface area contributed by atoms with Crippen molar-refractivity contribution in [3.8, 4) is 11.5 Å². The fourth-order valence-corrected chi connectivity index (χ4v) is 4.21. The number of pyridine rings is 1. The van der Waals surface area contributed by atoms with E-state index >= 15 is 0 Å². The number of aromatic nitrogens is 7. The smallest absolute Gasteiger partial charge is 0.383 e. The van der Waals surface area contributed by atoms with Crippen molar-refractivity contribution in [2.24, 2.45) is 7.05 Å². The van der Waals surface area contributed by atoms with Gasteiger partial charge >= 0.3 is 6.18 Å². The molecule has 13 heteroatoms. The van der Waals surface area contributed by atoms with Gasteiger partial charge in [-0.3, -0.25) is 14.5 Å². The first-order chi connectivity index (χ1) is 16.6. The zero-order valence-electron chi connectivity index (χ0n) is 18.8. The fourth-order valence-electron chi connectivity index (χ4n) is 4.21. The van der Waals surface area contributed by atoms with E-state index in [1.54, 1.807) is 38.4 Å². The normalized spacial score (nSPS) is 17.6. The lowest BCUT2D eigenvalue weighted by Crippen LogP contribution is -2.33. The third-order valence-corrected chi connectivity index (χ3v) is 6.01. The summed E-state index contributed by atoms with van der Waals surface area (Å²) in [5.74, 6) is 0.228. The summed E-state index contributed by atoms with van der Waals surface area (Å²) in [6.07, 6.45) is -2.28. The first kappa shape index (κ1) is 22.6. The number of amides is 1. The van der Waals surface area contributed by atoms with Crippen molar-refractivity contribution in [2.75, 3.05) is 11.1 Å². The molecule has 5 heterocycles. The number of anilines is 2. The highest BCUT2D eigenvalue weighted by Crippen LogP contribution is 2.44. The van der Waals surface area contributed by atoms with Crippen LogP contribution < -0.4 is 11.1 Å². The van der Waals surface area contributed by atoms with Crippen LogP contribution in [0, 0.1) is 0 Å². The van der Waals surface area contributed by atoms with Crippen LogP contribution in [0.1, 0.15) is 36.8 Å². The predicted octanol–water partition coefficient (Wildman–Crippen LogP) is 2.94. The molecule has 0 bridgehead atoms. The van der Waals surface area contributed by atoms with E-state index in [1.165, 1.54) is 10.9 Å². The summed E-state index contributed by atoms with van der Waals surface area (Å²) in [6.45, 7) is 1.69.